The molecule has 0 bridgehead atoms. The van der Waals surface area contributed by atoms with E-state index in [1.54, 1.807) is 0 Å². The van der Waals surface area contributed by atoms with E-state index in [2.05, 4.69) is 161 Å². The number of benzene rings is 4. The van der Waals surface area contributed by atoms with Crippen molar-refractivity contribution in [2.45, 2.75) is 26.2 Å². The van der Waals surface area contributed by atoms with E-state index in [1.165, 1.54) is 72.0 Å². The van der Waals surface area contributed by atoms with Gasteiger partial charge in [-0.25, -0.2) is 0 Å². The molecular weight excluding hydrogens is 573 g/mol. The predicted octanol–water partition coefficient (Wildman–Crippen LogP) is 10.2. The lowest BCUT2D eigenvalue weighted by atomic mass is 9.84. The summed E-state index contributed by atoms with van der Waals surface area (Å²) in [5.74, 6) is 1.25. The first-order valence-electron chi connectivity index (χ1n) is 16.7. The Kier molecular flexibility index (Phi) is 6.56. The minimum absolute atomic E-state index is 0.379. The lowest BCUT2D eigenvalue weighted by Crippen LogP contribution is -2.15. The van der Waals surface area contributed by atoms with E-state index in [9.17, 15) is 0 Å². The highest BCUT2D eigenvalue weighted by molar-refractivity contribution is 6.10. The van der Waals surface area contributed by atoms with Crippen LogP contribution in [0.5, 0.6) is 0 Å². The molecule has 4 nitrogen and oxygen atoms in total. The number of pyridine rings is 1. The first-order valence-corrected chi connectivity index (χ1v) is 16.7. The molecule has 4 heteroatoms. The molecule has 1 aliphatic carbocycles. The smallest absolute Gasteiger partial charge is 0.0571 e. The van der Waals surface area contributed by atoms with Gasteiger partial charge in [-0.05, 0) is 71.4 Å². The Morgan fingerprint density at radius 1 is 0.702 bits per heavy atom. The van der Waals surface area contributed by atoms with Gasteiger partial charge in [0.05, 0.1) is 16.6 Å². The molecule has 0 saturated heterocycles. The van der Waals surface area contributed by atoms with Gasteiger partial charge in [0.2, 0.25) is 0 Å². The third-order valence-corrected chi connectivity index (χ3v) is 10.3. The molecule has 0 amide bonds. The molecule has 0 radical (unpaired) electrons. The summed E-state index contributed by atoms with van der Waals surface area (Å²) in [4.78, 5) is 9.05. The fourth-order valence-corrected chi connectivity index (χ4v) is 7.82. The zero-order chi connectivity index (χ0) is 31.5. The summed E-state index contributed by atoms with van der Waals surface area (Å²) < 4.78 is 4.82. The van der Waals surface area contributed by atoms with Crippen LogP contribution in [0.3, 0.4) is 0 Å². The van der Waals surface area contributed by atoms with Gasteiger partial charge >= 0.3 is 0 Å². The van der Waals surface area contributed by atoms with Crippen molar-refractivity contribution in [2.24, 2.45) is 16.8 Å². The SMILES string of the molecule is CC1CN=Cc2c1n(-c1ccc(-c3ccc(CC4C=CC(n5c6ccccc6c6cnccc65)=CC4C)cc3)cc1)c1ccccc21. The van der Waals surface area contributed by atoms with E-state index < -0.39 is 0 Å². The standard InChI is InChI=1S/C43H36N4/c1-28-23-35(46-40-9-5-3-7-36(40)38-26-44-22-21-42(38)46)20-17-33(28)24-30-11-13-31(14-12-30)32-15-18-34(19-16-32)47-41-10-6-4-8-37(41)39-27-45-25-29(2)43(39)47/h3-23,26-29,33H,24-25H2,1-2H3. The van der Waals surface area contributed by atoms with Crippen LogP contribution in [0.1, 0.15) is 36.6 Å². The lowest BCUT2D eigenvalue weighted by molar-refractivity contribution is 0.504. The Morgan fingerprint density at radius 2 is 1.38 bits per heavy atom. The largest absolute Gasteiger partial charge is 0.313 e. The molecule has 0 spiro atoms. The molecule has 4 aromatic carbocycles. The van der Waals surface area contributed by atoms with Crippen LogP contribution in [0.2, 0.25) is 0 Å². The molecule has 0 N–H and O–H groups in total. The summed E-state index contributed by atoms with van der Waals surface area (Å²) in [6.07, 6.45) is 14.1. The van der Waals surface area contributed by atoms with Gasteiger partial charge in [-0.15, -0.1) is 0 Å². The average molecular weight is 609 g/mol. The quantitative estimate of drug-likeness (QED) is 0.191. The van der Waals surface area contributed by atoms with Crippen LogP contribution in [-0.2, 0) is 6.42 Å². The van der Waals surface area contributed by atoms with Crippen LogP contribution in [0.25, 0.3) is 55.2 Å². The Hall–Kier alpha value is -5.48. The highest BCUT2D eigenvalue weighted by Gasteiger charge is 2.24. The second-order valence-electron chi connectivity index (χ2n) is 13.2. The average Bonchev–Trinajstić information content (AvgIpc) is 3.64. The summed E-state index contributed by atoms with van der Waals surface area (Å²) in [7, 11) is 0. The van der Waals surface area contributed by atoms with Gasteiger partial charge in [0.25, 0.3) is 0 Å². The van der Waals surface area contributed by atoms with E-state index in [-0.39, 0.29) is 0 Å². The number of hydrogen-bond acceptors (Lipinski definition) is 2. The van der Waals surface area contributed by atoms with Gasteiger partial charge < -0.3 is 9.13 Å². The number of allylic oxidation sites excluding steroid dienone is 4. The summed E-state index contributed by atoms with van der Waals surface area (Å²) in [5.41, 5.74) is 12.6. The highest BCUT2D eigenvalue weighted by Crippen LogP contribution is 2.37. The molecule has 3 aromatic heterocycles. The van der Waals surface area contributed by atoms with Crippen molar-refractivity contribution in [3.63, 3.8) is 0 Å². The zero-order valence-electron chi connectivity index (χ0n) is 26.7. The molecule has 1 aliphatic heterocycles. The van der Waals surface area contributed by atoms with Gasteiger partial charge in [0.15, 0.2) is 0 Å². The van der Waals surface area contributed by atoms with Crippen LogP contribution in [-0.4, -0.2) is 26.9 Å². The maximum atomic E-state index is 4.64. The molecule has 2 aliphatic rings. The van der Waals surface area contributed by atoms with Crippen molar-refractivity contribution in [3.8, 4) is 16.8 Å². The van der Waals surface area contributed by atoms with E-state index in [4.69, 9.17) is 0 Å². The predicted molar refractivity (Wildman–Crippen MR) is 197 cm³/mol. The first kappa shape index (κ1) is 27.8. The van der Waals surface area contributed by atoms with E-state index in [1.807, 2.05) is 12.4 Å². The van der Waals surface area contributed by atoms with Gasteiger partial charge in [0.1, 0.15) is 0 Å². The molecule has 47 heavy (non-hydrogen) atoms. The van der Waals surface area contributed by atoms with E-state index in [0.717, 1.165) is 13.0 Å². The summed E-state index contributed by atoms with van der Waals surface area (Å²) in [6.45, 7) is 5.46. The third kappa shape index (κ3) is 4.58. The van der Waals surface area contributed by atoms with E-state index >= 15 is 0 Å². The number of aromatic nitrogens is 3. The monoisotopic (exact) mass is 608 g/mol. The minimum Gasteiger partial charge on any atom is -0.313 e. The van der Waals surface area contributed by atoms with Crippen molar-refractivity contribution in [1.29, 1.82) is 0 Å². The Balaban J connectivity index is 0.947. The number of rotatable bonds is 5. The molecule has 0 fully saturated rings. The highest BCUT2D eigenvalue weighted by atomic mass is 15.0. The Labute approximate surface area is 275 Å². The van der Waals surface area contributed by atoms with Crippen molar-refractivity contribution in [2.75, 3.05) is 6.54 Å². The molecular formula is C43H36N4. The lowest BCUT2D eigenvalue weighted by Gasteiger charge is -2.24. The van der Waals surface area contributed by atoms with Crippen molar-refractivity contribution < 1.29 is 0 Å². The minimum atomic E-state index is 0.379. The third-order valence-electron chi connectivity index (χ3n) is 10.3. The van der Waals surface area contributed by atoms with Gasteiger partial charge in [0, 0.05) is 69.9 Å². The molecule has 0 saturated carbocycles. The normalized spacial score (nSPS) is 19.0. The number of nitrogens with zero attached hydrogens (tertiary/aromatic N) is 4. The second-order valence-corrected chi connectivity index (χ2v) is 13.2. The first-order chi connectivity index (χ1) is 23.1. The topological polar surface area (TPSA) is 35.1 Å². The van der Waals surface area contributed by atoms with Crippen LogP contribution < -0.4 is 0 Å². The Morgan fingerprint density at radius 3 is 2.15 bits per heavy atom. The fraction of sp³-hybridized carbons (Fsp3) is 0.163. The van der Waals surface area contributed by atoms with Crippen molar-refractivity contribution in [3.05, 3.63) is 151 Å². The van der Waals surface area contributed by atoms with Gasteiger partial charge in [-0.1, -0.05) is 98.8 Å². The van der Waals surface area contributed by atoms with E-state index in [0.29, 0.717) is 17.8 Å². The number of hydrogen-bond donors (Lipinski definition) is 0. The van der Waals surface area contributed by atoms with Crippen molar-refractivity contribution in [1.82, 2.24) is 14.1 Å². The van der Waals surface area contributed by atoms with Gasteiger partial charge in [-0.2, -0.15) is 0 Å². The Bertz CT molecular complexity index is 2330. The zero-order valence-corrected chi connectivity index (χ0v) is 26.7. The van der Waals surface area contributed by atoms with Crippen LogP contribution in [0.4, 0.5) is 0 Å². The number of fused-ring (bicyclic) bond motifs is 6. The maximum absolute atomic E-state index is 4.64. The molecule has 9 rings (SSSR count). The molecule has 228 valence electrons. The molecule has 7 aromatic rings. The summed E-state index contributed by atoms with van der Waals surface area (Å²) in [5, 5.41) is 3.72. The number of para-hydroxylation sites is 2. The molecule has 3 unspecified atom stereocenters. The van der Waals surface area contributed by atoms with Crippen LogP contribution in [0, 0.1) is 11.8 Å². The molecule has 4 heterocycles. The summed E-state index contributed by atoms with van der Waals surface area (Å²) in [6, 6.07) is 37.7. The maximum Gasteiger partial charge on any atom is 0.0571 e. The molecule has 3 atom stereocenters. The second kappa shape index (κ2) is 11.1. The van der Waals surface area contributed by atoms with Gasteiger partial charge in [-0.3, -0.25) is 9.98 Å². The number of aliphatic imine (C=N–C) groups is 1. The van der Waals surface area contributed by atoms with Crippen LogP contribution >= 0.6 is 0 Å². The summed E-state index contributed by atoms with van der Waals surface area (Å²) >= 11 is 0. The fourth-order valence-electron chi connectivity index (χ4n) is 7.82. The van der Waals surface area contributed by atoms with Crippen LogP contribution in [0.15, 0.2) is 139 Å². The van der Waals surface area contributed by atoms with Crippen molar-refractivity contribution >= 4 is 44.6 Å².